The Balaban J connectivity index is 1.94. The normalized spacial score (nSPS) is 11.4. The first-order valence-corrected chi connectivity index (χ1v) is 9.85. The minimum atomic E-state index is -0.0655. The summed E-state index contributed by atoms with van der Waals surface area (Å²) < 4.78 is 2.71. The van der Waals surface area contributed by atoms with E-state index < -0.39 is 0 Å². The molecule has 0 radical (unpaired) electrons. The molecule has 0 fully saturated rings. The van der Waals surface area contributed by atoms with Gasteiger partial charge in [-0.3, -0.25) is 9.36 Å². The van der Waals surface area contributed by atoms with Crippen LogP contribution in [0.15, 0.2) is 76.0 Å². The third-order valence-electron chi connectivity index (χ3n) is 4.85. The average Bonchev–Trinajstić information content (AvgIpc) is 2.70. The lowest BCUT2D eigenvalue weighted by atomic mass is 10.1. The van der Waals surface area contributed by atoms with Crippen LogP contribution in [0.1, 0.15) is 22.5 Å². The molecule has 1 heterocycles. The van der Waals surface area contributed by atoms with Gasteiger partial charge in [0.05, 0.1) is 16.6 Å². The molecular weight excluding hydrogens is 412 g/mol. The molecule has 0 N–H and O–H groups in total. The maximum absolute atomic E-state index is 13.3. The van der Waals surface area contributed by atoms with E-state index >= 15 is 0 Å². The molecule has 0 unspecified atom stereocenters. The van der Waals surface area contributed by atoms with Crippen LogP contribution in [0.3, 0.4) is 0 Å². The van der Waals surface area contributed by atoms with Crippen LogP contribution in [0, 0.1) is 13.8 Å². The van der Waals surface area contributed by atoms with Crippen molar-refractivity contribution < 1.29 is 0 Å². The number of hydrogen-bond acceptors (Lipinski definition) is 2. The van der Waals surface area contributed by atoms with Crippen molar-refractivity contribution in [2.24, 2.45) is 0 Å². The average molecular weight is 431 g/mol. The fourth-order valence-electron chi connectivity index (χ4n) is 3.12. The molecule has 0 saturated heterocycles. The van der Waals surface area contributed by atoms with Gasteiger partial charge in [-0.1, -0.05) is 52.3 Å². The van der Waals surface area contributed by atoms with Crippen LogP contribution in [0.4, 0.5) is 0 Å². The van der Waals surface area contributed by atoms with Gasteiger partial charge < -0.3 is 0 Å². The van der Waals surface area contributed by atoms with Crippen molar-refractivity contribution in [1.29, 1.82) is 0 Å². The van der Waals surface area contributed by atoms with Crippen molar-refractivity contribution in [1.82, 2.24) is 9.55 Å². The van der Waals surface area contributed by atoms with E-state index in [9.17, 15) is 4.79 Å². The number of hydrogen-bond donors (Lipinski definition) is 0. The van der Waals surface area contributed by atoms with Gasteiger partial charge in [0.15, 0.2) is 0 Å². The molecule has 0 saturated carbocycles. The molecule has 3 aromatic carbocycles. The lowest BCUT2D eigenvalue weighted by Gasteiger charge is -2.13. The molecule has 3 nitrogen and oxygen atoms in total. The Hall–Kier alpha value is -2.98. The highest BCUT2D eigenvalue weighted by molar-refractivity contribution is 9.10. The Labute approximate surface area is 172 Å². The van der Waals surface area contributed by atoms with E-state index in [4.69, 9.17) is 4.98 Å². The molecule has 0 bridgehead atoms. The lowest BCUT2D eigenvalue weighted by molar-refractivity contribution is 0.941. The van der Waals surface area contributed by atoms with E-state index in [-0.39, 0.29) is 5.56 Å². The Bertz CT molecular complexity index is 1250. The SMILES string of the molecule is Cc1ccc(-n2c(C=Cc3ccc(Br)cc3)nc3ccccc3c2=O)cc1C. The van der Waals surface area contributed by atoms with Gasteiger partial charge >= 0.3 is 0 Å². The highest BCUT2D eigenvalue weighted by atomic mass is 79.9. The quantitative estimate of drug-likeness (QED) is 0.403. The summed E-state index contributed by atoms with van der Waals surface area (Å²) in [6.07, 6.45) is 3.87. The standard InChI is InChI=1S/C24H19BrN2O/c1-16-7-13-20(15-17(16)2)27-23(14-10-18-8-11-19(25)12-9-18)26-22-6-4-3-5-21(22)24(27)28/h3-15H,1-2H3. The molecule has 0 aliphatic rings. The molecule has 0 spiro atoms. The molecule has 0 aliphatic heterocycles. The molecular formula is C24H19BrN2O. The molecule has 0 amide bonds. The number of halogens is 1. The van der Waals surface area contributed by atoms with Crippen LogP contribution in [0.5, 0.6) is 0 Å². The van der Waals surface area contributed by atoms with Crippen molar-refractivity contribution in [3.8, 4) is 5.69 Å². The molecule has 4 rings (SSSR count). The molecule has 4 aromatic rings. The van der Waals surface area contributed by atoms with Gasteiger partial charge in [0.1, 0.15) is 5.82 Å². The fourth-order valence-corrected chi connectivity index (χ4v) is 3.38. The van der Waals surface area contributed by atoms with Crippen LogP contribution in [-0.4, -0.2) is 9.55 Å². The third kappa shape index (κ3) is 3.56. The molecule has 0 aliphatic carbocycles. The van der Waals surface area contributed by atoms with Crippen LogP contribution >= 0.6 is 15.9 Å². The zero-order valence-electron chi connectivity index (χ0n) is 15.7. The minimum absolute atomic E-state index is 0.0655. The van der Waals surface area contributed by atoms with Crippen molar-refractivity contribution in [3.63, 3.8) is 0 Å². The van der Waals surface area contributed by atoms with Crippen LogP contribution in [-0.2, 0) is 0 Å². The fraction of sp³-hybridized carbons (Fsp3) is 0.0833. The third-order valence-corrected chi connectivity index (χ3v) is 5.37. The Morgan fingerprint density at radius 1 is 0.893 bits per heavy atom. The van der Waals surface area contributed by atoms with E-state index in [2.05, 4.69) is 29.8 Å². The van der Waals surface area contributed by atoms with Crippen molar-refractivity contribution >= 4 is 39.0 Å². The van der Waals surface area contributed by atoms with Crippen molar-refractivity contribution in [2.75, 3.05) is 0 Å². The van der Waals surface area contributed by atoms with Crippen LogP contribution < -0.4 is 5.56 Å². The predicted octanol–water partition coefficient (Wildman–Crippen LogP) is 5.94. The van der Waals surface area contributed by atoms with Gasteiger partial charge in [-0.15, -0.1) is 0 Å². The maximum atomic E-state index is 13.3. The van der Waals surface area contributed by atoms with Gasteiger partial charge in [0, 0.05) is 4.47 Å². The topological polar surface area (TPSA) is 34.9 Å². The summed E-state index contributed by atoms with van der Waals surface area (Å²) in [5.74, 6) is 0.606. The summed E-state index contributed by atoms with van der Waals surface area (Å²) in [4.78, 5) is 18.0. The molecule has 138 valence electrons. The van der Waals surface area contributed by atoms with Crippen LogP contribution in [0.25, 0.3) is 28.7 Å². The summed E-state index contributed by atoms with van der Waals surface area (Å²) in [5.41, 5.74) is 4.82. The Morgan fingerprint density at radius 3 is 2.39 bits per heavy atom. The first-order valence-electron chi connectivity index (χ1n) is 9.06. The monoisotopic (exact) mass is 430 g/mol. The van der Waals surface area contributed by atoms with E-state index in [0.29, 0.717) is 16.7 Å². The smallest absolute Gasteiger partial charge is 0.266 e. The van der Waals surface area contributed by atoms with E-state index in [1.807, 2.05) is 78.9 Å². The maximum Gasteiger partial charge on any atom is 0.266 e. The number of rotatable bonds is 3. The van der Waals surface area contributed by atoms with Gasteiger partial charge in [0.25, 0.3) is 5.56 Å². The molecule has 0 atom stereocenters. The van der Waals surface area contributed by atoms with Gasteiger partial charge in [0.2, 0.25) is 0 Å². The Kier molecular flexibility index (Phi) is 4.97. The van der Waals surface area contributed by atoms with E-state index in [1.54, 1.807) is 4.57 Å². The van der Waals surface area contributed by atoms with Crippen LogP contribution in [0.2, 0.25) is 0 Å². The second-order valence-electron chi connectivity index (χ2n) is 6.78. The highest BCUT2D eigenvalue weighted by Crippen LogP contribution is 2.18. The van der Waals surface area contributed by atoms with Crippen molar-refractivity contribution in [2.45, 2.75) is 13.8 Å². The van der Waals surface area contributed by atoms with Gasteiger partial charge in [-0.05, 0) is 73.0 Å². The summed E-state index contributed by atoms with van der Waals surface area (Å²) in [7, 11) is 0. The summed E-state index contributed by atoms with van der Waals surface area (Å²) >= 11 is 3.45. The number of para-hydroxylation sites is 1. The largest absolute Gasteiger partial charge is 0.268 e. The highest BCUT2D eigenvalue weighted by Gasteiger charge is 2.11. The van der Waals surface area contributed by atoms with Gasteiger partial charge in [-0.2, -0.15) is 0 Å². The number of benzene rings is 3. The lowest BCUT2D eigenvalue weighted by Crippen LogP contribution is -2.22. The number of aryl methyl sites for hydroxylation is 2. The Morgan fingerprint density at radius 2 is 1.64 bits per heavy atom. The zero-order valence-corrected chi connectivity index (χ0v) is 17.3. The number of fused-ring (bicyclic) bond motifs is 1. The van der Waals surface area contributed by atoms with Crippen molar-refractivity contribution in [3.05, 3.63) is 104 Å². The van der Waals surface area contributed by atoms with Gasteiger partial charge in [-0.25, -0.2) is 4.98 Å². The minimum Gasteiger partial charge on any atom is -0.268 e. The zero-order chi connectivity index (χ0) is 19.7. The van der Waals surface area contributed by atoms with E-state index in [0.717, 1.165) is 21.3 Å². The second-order valence-corrected chi connectivity index (χ2v) is 7.70. The summed E-state index contributed by atoms with van der Waals surface area (Å²) in [6.45, 7) is 4.12. The molecule has 4 heteroatoms. The first-order chi connectivity index (χ1) is 13.5. The summed E-state index contributed by atoms with van der Waals surface area (Å²) in [6, 6.07) is 21.5. The first kappa shape index (κ1) is 18.4. The molecule has 28 heavy (non-hydrogen) atoms. The summed E-state index contributed by atoms with van der Waals surface area (Å²) in [5, 5.41) is 0.613. The second kappa shape index (κ2) is 7.56. The number of aromatic nitrogens is 2. The number of nitrogens with zero attached hydrogens (tertiary/aromatic N) is 2. The predicted molar refractivity (Wildman–Crippen MR) is 120 cm³/mol. The van der Waals surface area contributed by atoms with E-state index in [1.165, 1.54) is 5.56 Å². The molecule has 1 aromatic heterocycles.